The summed E-state index contributed by atoms with van der Waals surface area (Å²) >= 11 is 0. The van der Waals surface area contributed by atoms with Gasteiger partial charge in [0, 0.05) is 11.8 Å². The van der Waals surface area contributed by atoms with Gasteiger partial charge in [-0.05, 0) is 53.2 Å². The van der Waals surface area contributed by atoms with E-state index < -0.39 is 14.2 Å². The van der Waals surface area contributed by atoms with Gasteiger partial charge in [-0.25, -0.2) is 4.39 Å². The third-order valence-electron chi connectivity index (χ3n) is 6.78. The molecule has 2 atom stereocenters. The number of aromatic nitrogens is 1. The Labute approximate surface area is 181 Å². The van der Waals surface area contributed by atoms with Gasteiger partial charge in [0.05, 0.1) is 17.7 Å². The van der Waals surface area contributed by atoms with E-state index in [1.54, 1.807) is 30.5 Å². The monoisotopic (exact) mass is 427 g/mol. The molecule has 1 aliphatic carbocycles. The van der Waals surface area contributed by atoms with Crippen molar-refractivity contribution in [1.29, 1.82) is 0 Å². The summed E-state index contributed by atoms with van der Waals surface area (Å²) in [6.07, 6.45) is 2.71. The molecule has 0 saturated carbocycles. The lowest BCUT2D eigenvalue weighted by atomic mass is 9.89. The molecule has 0 unspecified atom stereocenters. The normalized spacial score (nSPS) is 20.0. The number of fused-ring (bicyclic) bond motifs is 1. The average molecular weight is 428 g/mol. The van der Waals surface area contributed by atoms with Crippen LogP contribution in [-0.4, -0.2) is 19.1 Å². The van der Waals surface area contributed by atoms with Crippen LogP contribution < -0.4 is 0 Å². The first-order valence-corrected chi connectivity index (χ1v) is 13.3. The van der Waals surface area contributed by atoms with Crippen LogP contribution >= 0.6 is 0 Å². The Kier molecular flexibility index (Phi) is 6.93. The van der Waals surface area contributed by atoms with E-state index in [9.17, 15) is 9.18 Å². The zero-order valence-electron chi connectivity index (χ0n) is 19.0. The molecule has 0 amide bonds. The van der Waals surface area contributed by atoms with Gasteiger partial charge in [-0.2, -0.15) is 0 Å². The fourth-order valence-corrected chi connectivity index (χ4v) is 11.0. The summed E-state index contributed by atoms with van der Waals surface area (Å²) in [5, 5.41) is 0. The van der Waals surface area contributed by atoms with Crippen molar-refractivity contribution >= 4 is 14.1 Å². The first kappa shape index (κ1) is 22.8. The zero-order chi connectivity index (χ0) is 22.1. The van der Waals surface area contributed by atoms with E-state index in [2.05, 4.69) is 46.5 Å². The largest absolute Gasteiger partial charge is 0.408 e. The molecule has 162 valence electrons. The van der Waals surface area contributed by atoms with Crippen molar-refractivity contribution in [3.8, 4) is 0 Å². The maximum atomic E-state index is 14.5. The predicted molar refractivity (Wildman–Crippen MR) is 122 cm³/mol. The van der Waals surface area contributed by atoms with E-state index in [1.165, 1.54) is 6.07 Å². The van der Waals surface area contributed by atoms with Gasteiger partial charge >= 0.3 is 0 Å². The van der Waals surface area contributed by atoms with Gasteiger partial charge in [0.1, 0.15) is 5.82 Å². The molecule has 1 heterocycles. The second kappa shape index (κ2) is 9.11. The summed E-state index contributed by atoms with van der Waals surface area (Å²) in [5.41, 5.74) is 3.08. The van der Waals surface area contributed by atoms with Crippen LogP contribution in [0.25, 0.3) is 0 Å². The number of halogens is 1. The van der Waals surface area contributed by atoms with Crippen LogP contribution in [0.15, 0.2) is 42.6 Å². The summed E-state index contributed by atoms with van der Waals surface area (Å²) in [6.45, 7) is 13.6. The second-order valence-corrected chi connectivity index (χ2v) is 14.8. The third-order valence-corrected chi connectivity index (χ3v) is 12.9. The Morgan fingerprint density at radius 1 is 0.967 bits per heavy atom. The fourth-order valence-electron chi connectivity index (χ4n) is 5.48. The molecule has 5 heteroatoms. The number of carbonyl (C=O) groups excluding carboxylic acids is 1. The van der Waals surface area contributed by atoms with Crippen molar-refractivity contribution in [2.24, 2.45) is 0 Å². The SMILES string of the molecule is CC(C)[Si](O[C@@H]1CC[C@@H](c2ccccc2F)C(=O)c2cccnc21)(C(C)C)C(C)C. The summed E-state index contributed by atoms with van der Waals surface area (Å²) in [7, 11) is -2.17. The lowest BCUT2D eigenvalue weighted by Crippen LogP contribution is -2.48. The lowest BCUT2D eigenvalue weighted by molar-refractivity contribution is 0.0954. The fraction of sp³-hybridized carbons (Fsp3) is 0.520. The van der Waals surface area contributed by atoms with Crippen molar-refractivity contribution in [1.82, 2.24) is 4.98 Å². The van der Waals surface area contributed by atoms with Crippen molar-refractivity contribution in [3.63, 3.8) is 0 Å². The van der Waals surface area contributed by atoms with Crippen molar-refractivity contribution < 1.29 is 13.6 Å². The van der Waals surface area contributed by atoms with Gasteiger partial charge in [-0.3, -0.25) is 9.78 Å². The van der Waals surface area contributed by atoms with Crippen LogP contribution in [0, 0.1) is 5.82 Å². The molecular formula is C25H34FNO2Si. The Bertz CT molecular complexity index is 874. The maximum Gasteiger partial charge on any atom is 0.201 e. The summed E-state index contributed by atoms with van der Waals surface area (Å²) < 4.78 is 21.6. The molecule has 30 heavy (non-hydrogen) atoms. The number of pyridine rings is 1. The molecule has 0 spiro atoms. The van der Waals surface area contributed by atoms with Gasteiger partial charge in [0.2, 0.25) is 8.32 Å². The Balaban J connectivity index is 2.06. The van der Waals surface area contributed by atoms with Gasteiger partial charge in [-0.1, -0.05) is 59.7 Å². The Morgan fingerprint density at radius 2 is 1.60 bits per heavy atom. The minimum absolute atomic E-state index is 0.0554. The number of nitrogens with zero attached hydrogens (tertiary/aromatic N) is 1. The summed E-state index contributed by atoms with van der Waals surface area (Å²) in [6, 6.07) is 10.2. The van der Waals surface area contributed by atoms with E-state index in [0.29, 0.717) is 40.6 Å². The molecule has 3 rings (SSSR count). The number of rotatable bonds is 6. The highest BCUT2D eigenvalue weighted by molar-refractivity contribution is 6.77. The highest BCUT2D eigenvalue weighted by Gasteiger charge is 2.48. The topological polar surface area (TPSA) is 39.2 Å². The van der Waals surface area contributed by atoms with Crippen LogP contribution in [0.1, 0.15) is 88.0 Å². The van der Waals surface area contributed by atoms with E-state index in [4.69, 9.17) is 4.43 Å². The zero-order valence-corrected chi connectivity index (χ0v) is 20.0. The first-order chi connectivity index (χ1) is 14.2. The van der Waals surface area contributed by atoms with Gasteiger partial charge in [0.25, 0.3) is 0 Å². The number of carbonyl (C=O) groups is 1. The third kappa shape index (κ3) is 4.02. The quantitative estimate of drug-likeness (QED) is 0.361. The number of hydrogen-bond donors (Lipinski definition) is 0. The van der Waals surface area contributed by atoms with E-state index in [-0.39, 0.29) is 17.7 Å². The minimum Gasteiger partial charge on any atom is -0.408 e. The molecule has 0 N–H and O–H groups in total. The maximum absolute atomic E-state index is 14.5. The molecule has 0 radical (unpaired) electrons. The average Bonchev–Trinajstić information content (AvgIpc) is 2.83. The van der Waals surface area contributed by atoms with Crippen LogP contribution in [0.4, 0.5) is 4.39 Å². The van der Waals surface area contributed by atoms with Crippen LogP contribution in [0.5, 0.6) is 0 Å². The van der Waals surface area contributed by atoms with Gasteiger partial charge in [-0.15, -0.1) is 0 Å². The lowest BCUT2D eigenvalue weighted by Gasteiger charge is -2.44. The summed E-state index contributed by atoms with van der Waals surface area (Å²) in [5.74, 6) is -0.882. The number of Topliss-reactive ketones (excluding diaryl/α,β-unsaturated/α-hetero) is 1. The molecule has 3 nitrogen and oxygen atoms in total. The standard InChI is InChI=1S/C25H34FNO2Si/c1-16(2)30(17(3)4,18(5)6)29-23-14-13-20(19-10-7-8-12-22(19)26)25(28)21-11-9-15-27-24(21)23/h7-12,15-18,20,23H,13-14H2,1-6H3/t20-,23+/m0/s1. The molecule has 0 fully saturated rings. The smallest absolute Gasteiger partial charge is 0.201 e. The molecule has 2 aromatic rings. The Morgan fingerprint density at radius 3 is 2.20 bits per heavy atom. The van der Waals surface area contributed by atoms with Crippen molar-refractivity contribution in [3.05, 3.63) is 65.2 Å². The number of benzene rings is 1. The van der Waals surface area contributed by atoms with Crippen molar-refractivity contribution in [2.45, 2.75) is 83.0 Å². The molecule has 1 aromatic carbocycles. The molecule has 0 saturated heterocycles. The highest BCUT2D eigenvalue weighted by atomic mass is 28.4. The van der Waals surface area contributed by atoms with E-state index >= 15 is 0 Å². The Hall–Kier alpha value is -1.85. The summed E-state index contributed by atoms with van der Waals surface area (Å²) in [4.78, 5) is 18.1. The molecule has 1 aromatic heterocycles. The predicted octanol–water partition coefficient (Wildman–Crippen LogP) is 7.21. The van der Waals surface area contributed by atoms with Crippen LogP contribution in [0.2, 0.25) is 16.6 Å². The number of hydrogen-bond acceptors (Lipinski definition) is 3. The second-order valence-electron chi connectivity index (χ2n) is 9.38. The van der Waals surface area contributed by atoms with Crippen LogP contribution in [-0.2, 0) is 4.43 Å². The first-order valence-electron chi connectivity index (χ1n) is 11.1. The molecule has 0 aliphatic heterocycles. The minimum atomic E-state index is -2.17. The molecule has 1 aliphatic rings. The highest BCUT2D eigenvalue weighted by Crippen LogP contribution is 2.47. The van der Waals surface area contributed by atoms with Gasteiger partial charge in [0.15, 0.2) is 5.78 Å². The van der Waals surface area contributed by atoms with Crippen LogP contribution in [0.3, 0.4) is 0 Å². The van der Waals surface area contributed by atoms with E-state index in [1.807, 2.05) is 6.07 Å². The van der Waals surface area contributed by atoms with Crippen molar-refractivity contribution in [2.75, 3.05) is 0 Å². The van der Waals surface area contributed by atoms with Gasteiger partial charge < -0.3 is 4.43 Å². The molecule has 0 bridgehead atoms. The molecular weight excluding hydrogens is 393 g/mol. The van der Waals surface area contributed by atoms with E-state index in [0.717, 1.165) is 5.69 Å². The number of ketones is 1.